The summed E-state index contributed by atoms with van der Waals surface area (Å²) in [5, 5.41) is 8.91. The highest BCUT2D eigenvalue weighted by molar-refractivity contribution is 7.93. The van der Waals surface area contributed by atoms with Crippen LogP contribution in [0.15, 0.2) is 40.0 Å². The minimum absolute atomic E-state index is 0.0254. The van der Waals surface area contributed by atoms with Gasteiger partial charge in [-0.05, 0) is 49.3 Å². The van der Waals surface area contributed by atoms with Crippen LogP contribution in [0.1, 0.15) is 54.3 Å². The molecule has 0 spiro atoms. The highest BCUT2D eigenvalue weighted by atomic mass is 32.2. The van der Waals surface area contributed by atoms with Crippen molar-refractivity contribution in [3.05, 3.63) is 47.4 Å². The van der Waals surface area contributed by atoms with Crippen molar-refractivity contribution in [1.82, 2.24) is 19.9 Å². The van der Waals surface area contributed by atoms with Gasteiger partial charge < -0.3 is 18.7 Å². The van der Waals surface area contributed by atoms with Gasteiger partial charge in [-0.2, -0.15) is 5.10 Å². The monoisotopic (exact) mass is 523 g/mol. The van der Waals surface area contributed by atoms with E-state index < -0.39 is 10.0 Å². The molecule has 5 heterocycles. The van der Waals surface area contributed by atoms with Gasteiger partial charge >= 0.3 is 0 Å². The van der Waals surface area contributed by atoms with Gasteiger partial charge in [-0.15, -0.1) is 0 Å². The molecule has 2 fully saturated rings. The minimum Gasteiger partial charge on any atom is -0.495 e. The Hall–Kier alpha value is -3.80. The normalized spacial score (nSPS) is 20.2. The highest BCUT2D eigenvalue weighted by Crippen LogP contribution is 2.54. The Bertz CT molecular complexity index is 1600. The van der Waals surface area contributed by atoms with Crippen molar-refractivity contribution in [1.29, 1.82) is 0 Å². The number of nitrogens with one attached hydrogen (secondary N) is 1. The second kappa shape index (κ2) is 8.10. The van der Waals surface area contributed by atoms with Gasteiger partial charge in [0.15, 0.2) is 16.3 Å². The Morgan fingerprint density at radius 3 is 2.70 bits per heavy atom. The fraction of sp³-hybridized carbons (Fsp3) is 0.400. The fourth-order valence-electron chi connectivity index (χ4n) is 5.35. The molecule has 2 aliphatic carbocycles. The third kappa shape index (κ3) is 3.61. The number of hydrogen-bond acceptors (Lipinski definition) is 9. The van der Waals surface area contributed by atoms with Crippen LogP contribution >= 0.6 is 0 Å². The van der Waals surface area contributed by atoms with Crippen LogP contribution in [0, 0.1) is 0 Å². The number of nitrogens with zero attached hydrogens (tertiary/aromatic N) is 4. The second-order valence-corrected chi connectivity index (χ2v) is 11.4. The molecule has 4 aromatic rings. The summed E-state index contributed by atoms with van der Waals surface area (Å²) >= 11 is 0. The number of ether oxygens (including phenoxy) is 3. The Balaban J connectivity index is 1.32. The summed E-state index contributed by atoms with van der Waals surface area (Å²) in [6.07, 6.45) is 7.60. The number of sulfonamides is 1. The van der Waals surface area contributed by atoms with E-state index in [0.717, 1.165) is 42.5 Å². The first-order valence-electron chi connectivity index (χ1n) is 12.2. The Morgan fingerprint density at radius 1 is 1.16 bits per heavy atom. The first kappa shape index (κ1) is 22.4. The Kier molecular flexibility index (Phi) is 4.91. The van der Waals surface area contributed by atoms with Crippen LogP contribution in [0.2, 0.25) is 0 Å². The van der Waals surface area contributed by atoms with Gasteiger partial charge in [0.25, 0.3) is 10.0 Å². The molecule has 0 radical (unpaired) electrons. The van der Waals surface area contributed by atoms with Gasteiger partial charge in [0, 0.05) is 29.9 Å². The Labute approximate surface area is 212 Å². The van der Waals surface area contributed by atoms with Crippen molar-refractivity contribution >= 4 is 26.8 Å². The lowest BCUT2D eigenvalue weighted by Crippen LogP contribution is -2.38. The number of pyridine rings is 1. The standard InChI is InChI=1S/C25H25N5O6S/c1-33-19-11-17(13-4-5-13)27-25(34-2)23(19)37(31,32)29-24-21-18(36-28-24)10-15(12-30-7-3-6-26-30)20-14-8-16(9-14)35-22(20)21/h3,6-7,10-11,13-14,16H,4-5,8-9,12H2,1-2H3,(H,28,29). The second-order valence-electron chi connectivity index (χ2n) is 9.76. The molecule has 2 saturated carbocycles. The lowest BCUT2D eigenvalue weighted by molar-refractivity contribution is 0.0706. The summed E-state index contributed by atoms with van der Waals surface area (Å²) in [5.41, 5.74) is 3.26. The molecule has 8 rings (SSSR count). The summed E-state index contributed by atoms with van der Waals surface area (Å²) in [7, 11) is -1.40. The van der Waals surface area contributed by atoms with Gasteiger partial charge in [0.05, 0.1) is 32.6 Å². The number of benzene rings is 1. The van der Waals surface area contributed by atoms with E-state index in [1.165, 1.54) is 14.2 Å². The van der Waals surface area contributed by atoms with Crippen molar-refractivity contribution in [3.8, 4) is 17.4 Å². The van der Waals surface area contributed by atoms with Crippen LogP contribution in [0.5, 0.6) is 17.4 Å². The molecule has 3 aromatic heterocycles. The lowest BCUT2D eigenvalue weighted by Gasteiger charge is -2.43. The molecule has 4 aliphatic rings. The zero-order valence-corrected chi connectivity index (χ0v) is 21.1. The highest BCUT2D eigenvalue weighted by Gasteiger charge is 2.43. The molecule has 12 heteroatoms. The smallest absolute Gasteiger partial charge is 0.272 e. The molecule has 2 aliphatic heterocycles. The van der Waals surface area contributed by atoms with Gasteiger partial charge in [-0.3, -0.25) is 9.40 Å². The summed E-state index contributed by atoms with van der Waals surface area (Å²) in [5.74, 6) is 1.43. The largest absolute Gasteiger partial charge is 0.495 e. The molecule has 0 amide bonds. The predicted molar refractivity (Wildman–Crippen MR) is 132 cm³/mol. The molecular formula is C25H25N5O6S. The van der Waals surface area contributed by atoms with Crippen LogP contribution in [0.25, 0.3) is 11.0 Å². The average molecular weight is 524 g/mol. The van der Waals surface area contributed by atoms with Gasteiger partial charge in [-0.25, -0.2) is 13.4 Å². The molecule has 37 heavy (non-hydrogen) atoms. The van der Waals surface area contributed by atoms with E-state index in [4.69, 9.17) is 18.7 Å². The van der Waals surface area contributed by atoms with E-state index >= 15 is 0 Å². The number of methoxy groups -OCH3 is 2. The molecule has 1 aromatic carbocycles. The summed E-state index contributed by atoms with van der Waals surface area (Å²) in [4.78, 5) is 4.27. The number of anilines is 1. The predicted octanol–water partition coefficient (Wildman–Crippen LogP) is 3.80. The van der Waals surface area contributed by atoms with Crippen LogP contribution in [0.4, 0.5) is 5.82 Å². The van der Waals surface area contributed by atoms with E-state index in [9.17, 15) is 8.42 Å². The van der Waals surface area contributed by atoms with Gasteiger partial charge in [0.2, 0.25) is 5.88 Å². The molecule has 0 saturated heterocycles. The number of aromatic nitrogens is 4. The molecule has 2 bridgehead atoms. The van der Waals surface area contributed by atoms with Crippen LogP contribution in [-0.4, -0.2) is 48.7 Å². The topological polar surface area (TPSA) is 131 Å². The minimum atomic E-state index is -4.22. The molecule has 0 atom stereocenters. The van der Waals surface area contributed by atoms with Crippen molar-refractivity contribution in [2.24, 2.45) is 0 Å². The molecular weight excluding hydrogens is 498 g/mol. The van der Waals surface area contributed by atoms with Gasteiger partial charge in [0.1, 0.15) is 16.9 Å². The third-order valence-corrected chi connectivity index (χ3v) is 8.73. The maximum Gasteiger partial charge on any atom is 0.272 e. The van der Waals surface area contributed by atoms with E-state index in [1.807, 2.05) is 23.0 Å². The lowest BCUT2D eigenvalue weighted by atomic mass is 9.72. The maximum absolute atomic E-state index is 13.7. The zero-order chi connectivity index (χ0) is 25.3. The number of fused-ring (bicyclic) bond motifs is 1. The maximum atomic E-state index is 13.7. The van der Waals surface area contributed by atoms with E-state index in [2.05, 4.69) is 20.0 Å². The SMILES string of the molecule is COc1cc(C2CC2)nc(OC)c1S(=O)(=O)Nc1noc2cc(Cn3cccn3)c3c(c12)OC1CC3C1. The fourth-order valence-corrected chi connectivity index (χ4v) is 6.61. The molecule has 0 unspecified atom stereocenters. The van der Waals surface area contributed by atoms with Crippen molar-refractivity contribution in [3.63, 3.8) is 0 Å². The zero-order valence-electron chi connectivity index (χ0n) is 20.3. The van der Waals surface area contributed by atoms with Crippen LogP contribution in [-0.2, 0) is 16.6 Å². The first-order valence-corrected chi connectivity index (χ1v) is 13.7. The van der Waals surface area contributed by atoms with E-state index in [1.54, 1.807) is 12.3 Å². The van der Waals surface area contributed by atoms with Crippen molar-refractivity contribution in [2.75, 3.05) is 18.9 Å². The van der Waals surface area contributed by atoms with Crippen LogP contribution < -0.4 is 18.9 Å². The Morgan fingerprint density at radius 2 is 2.00 bits per heavy atom. The summed E-state index contributed by atoms with van der Waals surface area (Å²) in [6, 6.07) is 5.43. The van der Waals surface area contributed by atoms with Crippen molar-refractivity contribution in [2.45, 2.75) is 55.1 Å². The number of hydrogen-bond donors (Lipinski definition) is 1. The quantitative estimate of drug-likeness (QED) is 0.366. The number of rotatable bonds is 8. The van der Waals surface area contributed by atoms with Gasteiger partial charge in [-0.1, -0.05) is 5.16 Å². The molecule has 192 valence electrons. The van der Waals surface area contributed by atoms with E-state index in [-0.39, 0.29) is 34.4 Å². The molecule has 11 nitrogen and oxygen atoms in total. The third-order valence-electron chi connectivity index (χ3n) is 7.36. The first-order chi connectivity index (χ1) is 17.9. The molecule has 1 N–H and O–H groups in total. The summed E-state index contributed by atoms with van der Waals surface area (Å²) < 4.78 is 54.5. The van der Waals surface area contributed by atoms with E-state index in [0.29, 0.717) is 29.2 Å². The van der Waals surface area contributed by atoms with Crippen molar-refractivity contribution < 1.29 is 27.2 Å². The van der Waals surface area contributed by atoms with Crippen LogP contribution in [0.3, 0.4) is 0 Å². The average Bonchev–Trinajstić information content (AvgIpc) is 3.47. The summed E-state index contributed by atoms with van der Waals surface area (Å²) in [6.45, 7) is 0.547.